The SMILES string of the molecule is CSc1nc2sc(Cc3c(Cl)cccc3Cl)nc2c(=O)[nH]1. The molecule has 0 spiro atoms. The molecule has 3 aromatic rings. The van der Waals surface area contributed by atoms with Gasteiger partial charge in [-0.3, -0.25) is 9.78 Å². The van der Waals surface area contributed by atoms with E-state index in [4.69, 9.17) is 23.2 Å². The number of aromatic nitrogens is 3. The second-order valence-electron chi connectivity index (χ2n) is 4.21. The van der Waals surface area contributed by atoms with E-state index in [9.17, 15) is 4.79 Å². The van der Waals surface area contributed by atoms with Crippen molar-refractivity contribution in [3.63, 3.8) is 0 Å². The largest absolute Gasteiger partial charge is 0.300 e. The fourth-order valence-electron chi connectivity index (χ4n) is 1.88. The molecule has 0 aliphatic heterocycles. The van der Waals surface area contributed by atoms with Gasteiger partial charge in [-0.25, -0.2) is 9.97 Å². The Balaban J connectivity index is 2.06. The first-order valence-corrected chi connectivity index (χ1v) is 8.75. The van der Waals surface area contributed by atoms with Gasteiger partial charge in [0.1, 0.15) is 5.01 Å². The highest BCUT2D eigenvalue weighted by Crippen LogP contribution is 2.29. The molecule has 4 nitrogen and oxygen atoms in total. The Morgan fingerprint density at radius 1 is 1.29 bits per heavy atom. The van der Waals surface area contributed by atoms with Gasteiger partial charge < -0.3 is 0 Å². The molecule has 0 bridgehead atoms. The molecule has 0 radical (unpaired) electrons. The molecule has 0 aliphatic rings. The van der Waals surface area contributed by atoms with E-state index in [0.29, 0.717) is 32.0 Å². The molecule has 3 rings (SSSR count). The number of H-pyrrole nitrogens is 1. The minimum atomic E-state index is -0.225. The molecule has 0 saturated carbocycles. The summed E-state index contributed by atoms with van der Waals surface area (Å²) < 4.78 is 0. The Kier molecular flexibility index (Phi) is 4.21. The number of thiazole rings is 1. The van der Waals surface area contributed by atoms with Gasteiger partial charge in [-0.05, 0) is 24.0 Å². The fourth-order valence-corrected chi connectivity index (χ4v) is 3.79. The minimum Gasteiger partial charge on any atom is -0.300 e. The van der Waals surface area contributed by atoms with Crippen molar-refractivity contribution in [1.82, 2.24) is 15.0 Å². The number of thioether (sulfide) groups is 1. The van der Waals surface area contributed by atoms with Crippen molar-refractivity contribution in [2.45, 2.75) is 11.6 Å². The van der Waals surface area contributed by atoms with Gasteiger partial charge in [0.2, 0.25) is 0 Å². The van der Waals surface area contributed by atoms with Gasteiger partial charge in [-0.15, -0.1) is 0 Å². The van der Waals surface area contributed by atoms with Crippen LogP contribution >= 0.6 is 46.3 Å². The summed E-state index contributed by atoms with van der Waals surface area (Å²) in [5, 5.41) is 2.52. The molecular weight excluding hydrogens is 349 g/mol. The molecule has 21 heavy (non-hydrogen) atoms. The summed E-state index contributed by atoms with van der Waals surface area (Å²) in [6, 6.07) is 5.36. The third-order valence-electron chi connectivity index (χ3n) is 2.88. The van der Waals surface area contributed by atoms with Gasteiger partial charge >= 0.3 is 0 Å². The summed E-state index contributed by atoms with van der Waals surface area (Å²) in [4.78, 5) is 24.0. The average Bonchev–Trinajstić information content (AvgIpc) is 2.86. The van der Waals surface area contributed by atoms with Crippen molar-refractivity contribution in [3.8, 4) is 0 Å². The molecule has 2 aromatic heterocycles. The Morgan fingerprint density at radius 2 is 2.00 bits per heavy atom. The van der Waals surface area contributed by atoms with Gasteiger partial charge in [-0.1, -0.05) is 52.4 Å². The number of halogens is 2. The van der Waals surface area contributed by atoms with E-state index in [0.717, 1.165) is 10.6 Å². The van der Waals surface area contributed by atoms with Crippen LogP contribution in [0.5, 0.6) is 0 Å². The lowest BCUT2D eigenvalue weighted by atomic mass is 10.1. The second kappa shape index (κ2) is 5.96. The van der Waals surface area contributed by atoms with Crippen LogP contribution in [-0.4, -0.2) is 21.2 Å². The predicted octanol–water partition coefficient (Wildman–Crippen LogP) is 4.00. The molecule has 0 fully saturated rings. The summed E-state index contributed by atoms with van der Waals surface area (Å²) in [5.74, 6) is 0. The molecule has 8 heteroatoms. The topological polar surface area (TPSA) is 58.6 Å². The number of fused-ring (bicyclic) bond motifs is 1. The van der Waals surface area contributed by atoms with Crippen LogP contribution in [0.3, 0.4) is 0 Å². The third kappa shape index (κ3) is 2.94. The number of rotatable bonds is 3. The maximum Gasteiger partial charge on any atom is 0.278 e. The zero-order valence-electron chi connectivity index (χ0n) is 10.8. The summed E-state index contributed by atoms with van der Waals surface area (Å²) in [6.45, 7) is 0. The van der Waals surface area contributed by atoms with Crippen LogP contribution in [0.1, 0.15) is 10.6 Å². The van der Waals surface area contributed by atoms with Crippen LogP contribution in [0, 0.1) is 0 Å². The molecule has 1 aromatic carbocycles. The van der Waals surface area contributed by atoms with Gasteiger partial charge in [0.05, 0.1) is 0 Å². The normalized spacial score (nSPS) is 11.2. The van der Waals surface area contributed by atoms with E-state index < -0.39 is 0 Å². The van der Waals surface area contributed by atoms with Gasteiger partial charge in [0.25, 0.3) is 5.56 Å². The molecule has 0 aliphatic carbocycles. The van der Waals surface area contributed by atoms with Crippen molar-refractivity contribution >= 4 is 56.6 Å². The fraction of sp³-hybridized carbons (Fsp3) is 0.154. The van der Waals surface area contributed by atoms with E-state index in [-0.39, 0.29) is 5.56 Å². The summed E-state index contributed by atoms with van der Waals surface area (Å²) >= 11 is 15.1. The van der Waals surface area contributed by atoms with Gasteiger partial charge in [0, 0.05) is 16.5 Å². The number of aromatic amines is 1. The molecule has 0 saturated heterocycles. The van der Waals surface area contributed by atoms with Crippen molar-refractivity contribution < 1.29 is 0 Å². The highest BCUT2D eigenvalue weighted by atomic mass is 35.5. The van der Waals surface area contributed by atoms with E-state index in [1.165, 1.54) is 23.1 Å². The van der Waals surface area contributed by atoms with Crippen LogP contribution < -0.4 is 5.56 Å². The van der Waals surface area contributed by atoms with Crippen LogP contribution in [0.4, 0.5) is 0 Å². The molecule has 2 heterocycles. The smallest absolute Gasteiger partial charge is 0.278 e. The van der Waals surface area contributed by atoms with E-state index in [1.54, 1.807) is 18.2 Å². The van der Waals surface area contributed by atoms with E-state index in [1.807, 2.05) is 6.26 Å². The summed E-state index contributed by atoms with van der Waals surface area (Å²) in [7, 11) is 0. The lowest BCUT2D eigenvalue weighted by Crippen LogP contribution is -2.08. The number of benzene rings is 1. The monoisotopic (exact) mass is 357 g/mol. The maximum absolute atomic E-state index is 11.9. The molecule has 0 amide bonds. The van der Waals surface area contributed by atoms with Crippen molar-refractivity contribution in [2.75, 3.05) is 6.26 Å². The lowest BCUT2D eigenvalue weighted by Gasteiger charge is -2.03. The van der Waals surface area contributed by atoms with Gasteiger partial charge in [0.15, 0.2) is 15.5 Å². The first-order valence-electron chi connectivity index (χ1n) is 5.95. The van der Waals surface area contributed by atoms with Gasteiger partial charge in [-0.2, -0.15) is 0 Å². The Bertz CT molecular complexity index is 855. The van der Waals surface area contributed by atoms with Crippen LogP contribution in [0.15, 0.2) is 28.2 Å². The molecular formula is C13H9Cl2N3OS2. The predicted molar refractivity (Wildman–Crippen MR) is 89.1 cm³/mol. The van der Waals surface area contributed by atoms with Crippen molar-refractivity contribution in [3.05, 3.63) is 49.2 Å². The zero-order chi connectivity index (χ0) is 15.0. The third-order valence-corrected chi connectivity index (χ3v) is 5.11. The number of hydrogen-bond acceptors (Lipinski definition) is 5. The highest BCUT2D eigenvalue weighted by Gasteiger charge is 2.13. The molecule has 0 atom stereocenters. The standard InChI is InChI=1S/C13H9Cl2N3OS2/c1-20-13-17-11(19)10-12(18-13)21-9(16-10)5-6-7(14)3-2-4-8(6)15/h2-4H,5H2,1H3,(H,17,18,19). The molecule has 108 valence electrons. The van der Waals surface area contributed by atoms with Crippen LogP contribution in [-0.2, 0) is 6.42 Å². The Labute approximate surface area is 138 Å². The van der Waals surface area contributed by atoms with E-state index in [2.05, 4.69) is 15.0 Å². The minimum absolute atomic E-state index is 0.225. The summed E-state index contributed by atoms with van der Waals surface area (Å²) in [5.41, 5.74) is 0.939. The Hall–Kier alpha value is -1.08. The molecule has 1 N–H and O–H groups in total. The molecule has 0 unspecified atom stereocenters. The summed E-state index contributed by atoms with van der Waals surface area (Å²) in [6.07, 6.45) is 2.34. The van der Waals surface area contributed by atoms with Crippen molar-refractivity contribution in [1.29, 1.82) is 0 Å². The second-order valence-corrected chi connectivity index (χ2v) is 6.88. The Morgan fingerprint density at radius 3 is 2.67 bits per heavy atom. The number of nitrogens with one attached hydrogen (secondary N) is 1. The van der Waals surface area contributed by atoms with Crippen LogP contribution in [0.2, 0.25) is 10.0 Å². The number of nitrogens with zero attached hydrogens (tertiary/aromatic N) is 2. The van der Waals surface area contributed by atoms with Crippen molar-refractivity contribution in [2.24, 2.45) is 0 Å². The highest BCUT2D eigenvalue weighted by molar-refractivity contribution is 7.98. The zero-order valence-corrected chi connectivity index (χ0v) is 14.0. The lowest BCUT2D eigenvalue weighted by molar-refractivity contribution is 0.976. The quantitative estimate of drug-likeness (QED) is 0.568. The van der Waals surface area contributed by atoms with Crippen LogP contribution in [0.25, 0.3) is 10.3 Å². The van der Waals surface area contributed by atoms with E-state index >= 15 is 0 Å². The first-order chi connectivity index (χ1) is 10.1. The average molecular weight is 358 g/mol. The first kappa shape index (κ1) is 14.8. The maximum atomic E-state index is 11.9. The number of hydrogen-bond donors (Lipinski definition) is 1.